The maximum absolute atomic E-state index is 11.0. The summed E-state index contributed by atoms with van der Waals surface area (Å²) in [7, 11) is 0. The van der Waals surface area contributed by atoms with Crippen molar-refractivity contribution in [1.82, 2.24) is 4.98 Å². The van der Waals surface area contributed by atoms with Gasteiger partial charge in [-0.15, -0.1) is 11.3 Å². The summed E-state index contributed by atoms with van der Waals surface area (Å²) in [6.07, 6.45) is 0. The highest BCUT2D eigenvalue weighted by Gasteiger charge is 2.05. The number of pyridine rings is 1. The third-order valence-corrected chi connectivity index (χ3v) is 3.59. The number of thiophene rings is 1. The Bertz CT molecular complexity index is 582. The van der Waals surface area contributed by atoms with Gasteiger partial charge in [0.15, 0.2) is 0 Å². The lowest BCUT2D eigenvalue weighted by molar-refractivity contribution is 0.100. The minimum absolute atomic E-state index is 0.401. The molecule has 2 aromatic heterocycles. The second kappa shape index (κ2) is 5.37. The number of carbonyl (C=O) groups excluding carboxylic acids is 1. The molecular formula is C12H12ClN3OS. The summed E-state index contributed by atoms with van der Waals surface area (Å²) in [4.78, 5) is 16.2. The van der Waals surface area contributed by atoms with Crippen LogP contribution in [0.4, 0.5) is 5.69 Å². The molecule has 0 spiro atoms. The number of anilines is 1. The van der Waals surface area contributed by atoms with Crippen LogP contribution in [0, 0.1) is 6.92 Å². The molecule has 0 aromatic carbocycles. The third kappa shape index (κ3) is 3.00. The molecule has 0 fully saturated rings. The lowest BCUT2D eigenvalue weighted by Crippen LogP contribution is -2.09. The van der Waals surface area contributed by atoms with Crippen molar-refractivity contribution in [2.45, 2.75) is 13.5 Å². The normalized spacial score (nSPS) is 10.3. The SMILES string of the molecule is Cc1nc(Cl)ccc1NCc1cc(C(N)=O)cs1. The largest absolute Gasteiger partial charge is 0.379 e. The Hall–Kier alpha value is -1.59. The van der Waals surface area contributed by atoms with Crippen molar-refractivity contribution in [1.29, 1.82) is 0 Å². The predicted molar refractivity (Wildman–Crippen MR) is 74.1 cm³/mol. The van der Waals surface area contributed by atoms with E-state index in [1.165, 1.54) is 11.3 Å². The number of hydrogen-bond donors (Lipinski definition) is 2. The number of amides is 1. The van der Waals surface area contributed by atoms with Gasteiger partial charge in [0.1, 0.15) is 5.15 Å². The van der Waals surface area contributed by atoms with Crippen LogP contribution >= 0.6 is 22.9 Å². The first kappa shape index (κ1) is 12.9. The molecule has 0 saturated carbocycles. The first-order valence-corrected chi connectivity index (χ1v) is 6.56. The van der Waals surface area contributed by atoms with E-state index in [1.807, 2.05) is 13.0 Å². The molecule has 0 aliphatic carbocycles. The Kier molecular flexibility index (Phi) is 3.84. The lowest BCUT2D eigenvalue weighted by atomic mass is 10.3. The number of nitrogens with zero attached hydrogens (tertiary/aromatic N) is 1. The summed E-state index contributed by atoms with van der Waals surface area (Å²) in [5.74, 6) is -0.401. The van der Waals surface area contributed by atoms with Crippen molar-refractivity contribution in [3.05, 3.63) is 44.9 Å². The number of rotatable bonds is 4. The molecule has 0 saturated heterocycles. The van der Waals surface area contributed by atoms with E-state index >= 15 is 0 Å². The Morgan fingerprint density at radius 3 is 2.94 bits per heavy atom. The second-order valence-electron chi connectivity index (χ2n) is 3.79. The highest BCUT2D eigenvalue weighted by molar-refractivity contribution is 7.10. The van der Waals surface area contributed by atoms with E-state index in [2.05, 4.69) is 10.3 Å². The number of nitrogens with one attached hydrogen (secondary N) is 1. The predicted octanol–water partition coefficient (Wildman–Crippen LogP) is 2.82. The van der Waals surface area contributed by atoms with Gasteiger partial charge < -0.3 is 11.1 Å². The fourth-order valence-electron chi connectivity index (χ4n) is 1.50. The van der Waals surface area contributed by atoms with E-state index in [0.29, 0.717) is 17.3 Å². The first-order valence-electron chi connectivity index (χ1n) is 5.30. The fraction of sp³-hybridized carbons (Fsp3) is 0.167. The van der Waals surface area contributed by atoms with E-state index in [1.54, 1.807) is 17.5 Å². The number of nitrogens with two attached hydrogens (primary N) is 1. The number of aromatic nitrogens is 1. The number of aryl methyl sites for hydroxylation is 1. The average molecular weight is 282 g/mol. The molecule has 3 N–H and O–H groups in total. The second-order valence-corrected chi connectivity index (χ2v) is 5.17. The van der Waals surface area contributed by atoms with Gasteiger partial charge in [0.05, 0.1) is 16.9 Å². The van der Waals surface area contributed by atoms with Crippen molar-refractivity contribution in [3.8, 4) is 0 Å². The molecule has 0 aliphatic heterocycles. The zero-order valence-corrected chi connectivity index (χ0v) is 11.3. The Balaban J connectivity index is 2.04. The molecule has 2 heterocycles. The summed E-state index contributed by atoms with van der Waals surface area (Å²) >= 11 is 7.28. The minimum Gasteiger partial charge on any atom is -0.379 e. The quantitative estimate of drug-likeness (QED) is 0.847. The van der Waals surface area contributed by atoms with Crippen LogP contribution in [0.25, 0.3) is 0 Å². The van der Waals surface area contributed by atoms with E-state index in [0.717, 1.165) is 16.3 Å². The summed E-state index contributed by atoms with van der Waals surface area (Å²) in [6.45, 7) is 2.51. The van der Waals surface area contributed by atoms with Crippen molar-refractivity contribution in [2.24, 2.45) is 5.73 Å². The molecule has 0 bridgehead atoms. The first-order chi connectivity index (χ1) is 8.56. The maximum atomic E-state index is 11.0. The van der Waals surface area contributed by atoms with Gasteiger partial charge in [-0.05, 0) is 25.1 Å². The number of primary amides is 1. The molecule has 2 aromatic rings. The van der Waals surface area contributed by atoms with Gasteiger partial charge in [-0.3, -0.25) is 4.79 Å². The Morgan fingerprint density at radius 2 is 2.33 bits per heavy atom. The summed E-state index contributed by atoms with van der Waals surface area (Å²) in [6, 6.07) is 5.41. The molecule has 2 rings (SSSR count). The topological polar surface area (TPSA) is 68.0 Å². The molecule has 0 atom stereocenters. The van der Waals surface area contributed by atoms with Crippen LogP contribution in [-0.2, 0) is 6.54 Å². The average Bonchev–Trinajstić information content (AvgIpc) is 2.76. The minimum atomic E-state index is -0.401. The van der Waals surface area contributed by atoms with Crippen LogP contribution < -0.4 is 11.1 Å². The van der Waals surface area contributed by atoms with Crippen molar-refractivity contribution < 1.29 is 4.79 Å². The smallest absolute Gasteiger partial charge is 0.249 e. The van der Waals surface area contributed by atoms with Gasteiger partial charge in [-0.1, -0.05) is 11.6 Å². The summed E-state index contributed by atoms with van der Waals surface area (Å²) < 4.78 is 0. The number of carbonyl (C=O) groups is 1. The van der Waals surface area contributed by atoms with Crippen LogP contribution in [0.3, 0.4) is 0 Å². The van der Waals surface area contributed by atoms with Crippen LogP contribution in [0.15, 0.2) is 23.6 Å². The van der Waals surface area contributed by atoms with E-state index in [-0.39, 0.29) is 0 Å². The van der Waals surface area contributed by atoms with Crippen LogP contribution in [-0.4, -0.2) is 10.9 Å². The molecular weight excluding hydrogens is 270 g/mol. The maximum Gasteiger partial charge on any atom is 0.249 e. The molecule has 0 aliphatic rings. The van der Waals surface area contributed by atoms with Crippen LogP contribution in [0.5, 0.6) is 0 Å². The zero-order valence-electron chi connectivity index (χ0n) is 9.74. The third-order valence-electron chi connectivity index (χ3n) is 2.44. The molecule has 4 nitrogen and oxygen atoms in total. The lowest BCUT2D eigenvalue weighted by Gasteiger charge is -2.07. The Morgan fingerprint density at radius 1 is 1.56 bits per heavy atom. The van der Waals surface area contributed by atoms with Gasteiger partial charge in [0, 0.05) is 16.8 Å². The van der Waals surface area contributed by atoms with E-state index in [9.17, 15) is 4.79 Å². The molecule has 6 heteroatoms. The van der Waals surface area contributed by atoms with Gasteiger partial charge in [-0.25, -0.2) is 4.98 Å². The fourth-order valence-corrected chi connectivity index (χ4v) is 2.50. The van der Waals surface area contributed by atoms with Gasteiger partial charge in [0.2, 0.25) is 5.91 Å². The van der Waals surface area contributed by atoms with Crippen LogP contribution in [0.1, 0.15) is 20.9 Å². The van der Waals surface area contributed by atoms with Gasteiger partial charge in [-0.2, -0.15) is 0 Å². The highest BCUT2D eigenvalue weighted by atomic mass is 35.5. The molecule has 0 unspecified atom stereocenters. The highest BCUT2D eigenvalue weighted by Crippen LogP contribution is 2.19. The van der Waals surface area contributed by atoms with Crippen molar-refractivity contribution >= 4 is 34.5 Å². The molecule has 94 valence electrons. The molecule has 0 radical (unpaired) electrons. The molecule has 1 amide bonds. The van der Waals surface area contributed by atoms with Crippen molar-refractivity contribution in [2.75, 3.05) is 5.32 Å². The van der Waals surface area contributed by atoms with Gasteiger partial charge in [0.25, 0.3) is 0 Å². The molecule has 18 heavy (non-hydrogen) atoms. The zero-order chi connectivity index (χ0) is 13.1. The van der Waals surface area contributed by atoms with Crippen LogP contribution in [0.2, 0.25) is 5.15 Å². The standard InChI is InChI=1S/C12H12ClN3OS/c1-7-10(2-3-11(13)16-7)15-5-9-4-8(6-18-9)12(14)17/h2-4,6,15H,5H2,1H3,(H2,14,17). The Labute approximate surface area is 114 Å². The monoisotopic (exact) mass is 281 g/mol. The summed E-state index contributed by atoms with van der Waals surface area (Å²) in [5.41, 5.74) is 7.51. The van der Waals surface area contributed by atoms with Crippen molar-refractivity contribution in [3.63, 3.8) is 0 Å². The summed E-state index contributed by atoms with van der Waals surface area (Å²) in [5, 5.41) is 5.48. The number of halogens is 1. The number of hydrogen-bond acceptors (Lipinski definition) is 4. The van der Waals surface area contributed by atoms with E-state index < -0.39 is 5.91 Å². The van der Waals surface area contributed by atoms with Gasteiger partial charge >= 0.3 is 0 Å². The van der Waals surface area contributed by atoms with E-state index in [4.69, 9.17) is 17.3 Å².